The molecule has 0 saturated carbocycles. The van der Waals surface area contributed by atoms with E-state index in [9.17, 15) is 13.2 Å². The van der Waals surface area contributed by atoms with Gasteiger partial charge in [0.25, 0.3) is 0 Å². The average molecular weight is 348 g/mol. The minimum atomic E-state index is -4.29. The quantitative estimate of drug-likeness (QED) is 0.576. The third-order valence-corrected chi connectivity index (χ3v) is 3.26. The second kappa shape index (κ2) is 5.89. The number of hydrogen-bond acceptors (Lipinski definition) is 0. The highest BCUT2D eigenvalue weighted by Gasteiger charge is 2.31. The van der Waals surface area contributed by atoms with Gasteiger partial charge in [-0.3, -0.25) is 0 Å². The summed E-state index contributed by atoms with van der Waals surface area (Å²) in [6.45, 7) is 5.73. The van der Waals surface area contributed by atoms with E-state index in [1.165, 1.54) is 0 Å². The highest BCUT2D eigenvalue weighted by atomic mass is 79.9. The molecule has 0 fully saturated rings. The van der Waals surface area contributed by atoms with Crippen molar-refractivity contribution in [3.8, 4) is 0 Å². The maximum absolute atomic E-state index is 12.2. The molecule has 1 rings (SSSR count). The van der Waals surface area contributed by atoms with Crippen LogP contribution >= 0.6 is 31.9 Å². The molecule has 0 unspecified atom stereocenters. The Hall–Kier alpha value is -0.0300. The summed E-state index contributed by atoms with van der Waals surface area (Å²) >= 11 is 6.12. The van der Waals surface area contributed by atoms with Gasteiger partial charge < -0.3 is 0 Å². The molecule has 15 heavy (non-hydrogen) atoms. The van der Waals surface area contributed by atoms with Gasteiger partial charge in [-0.1, -0.05) is 45.7 Å². The van der Waals surface area contributed by atoms with Crippen molar-refractivity contribution in [1.29, 1.82) is 0 Å². The first-order valence-corrected chi connectivity index (χ1v) is 5.94. The molecular weight excluding hydrogens is 337 g/mol. The van der Waals surface area contributed by atoms with Crippen LogP contribution in [0.3, 0.4) is 0 Å². The molecule has 5 heteroatoms. The monoisotopic (exact) mass is 346 g/mol. The number of benzene rings is 1. The van der Waals surface area contributed by atoms with Crippen LogP contribution in [0.4, 0.5) is 13.2 Å². The van der Waals surface area contributed by atoms with E-state index in [2.05, 4.69) is 31.9 Å². The van der Waals surface area contributed by atoms with E-state index in [0.29, 0.717) is 8.95 Å². The fraction of sp³-hybridized carbons (Fsp3) is 0.400. The van der Waals surface area contributed by atoms with E-state index in [1.54, 1.807) is 6.92 Å². The first-order chi connectivity index (χ1) is 6.82. The predicted molar refractivity (Wildman–Crippen MR) is 62.9 cm³/mol. The van der Waals surface area contributed by atoms with Gasteiger partial charge in [0.05, 0.1) is 5.56 Å². The molecule has 0 N–H and O–H groups in total. The summed E-state index contributed by atoms with van der Waals surface area (Å²) in [5, 5.41) is 0. The zero-order valence-electron chi connectivity index (χ0n) is 8.54. The zero-order valence-corrected chi connectivity index (χ0v) is 11.7. The Morgan fingerprint density at radius 1 is 1.00 bits per heavy atom. The molecule has 86 valence electrons. The lowest BCUT2D eigenvalue weighted by molar-refractivity contribution is -0.137. The van der Waals surface area contributed by atoms with Crippen molar-refractivity contribution < 1.29 is 13.2 Å². The van der Waals surface area contributed by atoms with Crippen molar-refractivity contribution in [2.24, 2.45) is 0 Å². The third kappa shape index (κ3) is 4.15. The summed E-state index contributed by atoms with van der Waals surface area (Å²) in [5.74, 6) is 0. The van der Waals surface area contributed by atoms with Crippen LogP contribution in [0.15, 0.2) is 21.1 Å². The van der Waals surface area contributed by atoms with Gasteiger partial charge in [-0.2, -0.15) is 13.2 Å². The van der Waals surface area contributed by atoms with Crippen molar-refractivity contribution in [2.45, 2.75) is 26.9 Å². The minimum absolute atomic E-state index is 0.453. The number of hydrogen-bond donors (Lipinski definition) is 0. The Bertz CT molecular complexity index is 309. The van der Waals surface area contributed by atoms with Crippen LogP contribution in [0.25, 0.3) is 0 Å². The highest BCUT2D eigenvalue weighted by molar-refractivity contribution is 9.11. The molecule has 0 nitrogen and oxygen atoms in total. The lowest BCUT2D eigenvalue weighted by Crippen LogP contribution is -2.05. The second-order valence-corrected chi connectivity index (χ2v) is 4.27. The summed E-state index contributed by atoms with van der Waals surface area (Å²) in [6.07, 6.45) is -4.29. The number of halogens is 5. The van der Waals surface area contributed by atoms with Crippen LogP contribution < -0.4 is 0 Å². The zero-order chi connectivity index (χ0) is 12.2. The molecule has 0 bridgehead atoms. The largest absolute Gasteiger partial charge is 0.416 e. The van der Waals surface area contributed by atoms with Crippen molar-refractivity contribution in [3.05, 3.63) is 32.2 Å². The summed E-state index contributed by atoms with van der Waals surface area (Å²) in [7, 11) is 0. The van der Waals surface area contributed by atoms with Gasteiger partial charge in [0, 0.05) is 8.95 Å². The van der Waals surface area contributed by atoms with Crippen LogP contribution in [-0.2, 0) is 6.18 Å². The fourth-order valence-electron chi connectivity index (χ4n) is 0.809. The molecule has 0 heterocycles. The van der Waals surface area contributed by atoms with Gasteiger partial charge in [0.15, 0.2) is 0 Å². The van der Waals surface area contributed by atoms with Gasteiger partial charge in [-0.15, -0.1) is 0 Å². The van der Waals surface area contributed by atoms with Gasteiger partial charge in [-0.05, 0) is 24.6 Å². The molecule has 0 aliphatic rings. The van der Waals surface area contributed by atoms with Crippen LogP contribution in [0.2, 0.25) is 0 Å². The molecule has 1 aromatic rings. The first kappa shape index (κ1) is 15.0. The van der Waals surface area contributed by atoms with Gasteiger partial charge in [-0.25, -0.2) is 0 Å². The Labute approximate surface area is 104 Å². The Morgan fingerprint density at radius 2 is 1.33 bits per heavy atom. The van der Waals surface area contributed by atoms with E-state index < -0.39 is 11.7 Å². The molecule has 0 saturated heterocycles. The van der Waals surface area contributed by atoms with Crippen LogP contribution in [0, 0.1) is 6.92 Å². The van der Waals surface area contributed by atoms with Crippen LogP contribution in [0.5, 0.6) is 0 Å². The average Bonchev–Trinajstić information content (AvgIpc) is 2.15. The smallest absolute Gasteiger partial charge is 0.166 e. The fourth-order valence-corrected chi connectivity index (χ4v) is 2.00. The third-order valence-electron chi connectivity index (χ3n) is 1.61. The lowest BCUT2D eigenvalue weighted by Gasteiger charge is -2.09. The number of rotatable bonds is 0. The van der Waals surface area contributed by atoms with Gasteiger partial charge in [0.2, 0.25) is 0 Å². The van der Waals surface area contributed by atoms with Crippen molar-refractivity contribution >= 4 is 31.9 Å². The van der Waals surface area contributed by atoms with Crippen molar-refractivity contribution in [2.75, 3.05) is 0 Å². The summed E-state index contributed by atoms with van der Waals surface area (Å²) in [6, 6.07) is 2.14. The molecule has 0 amide bonds. The van der Waals surface area contributed by atoms with Crippen LogP contribution in [-0.4, -0.2) is 0 Å². The molecule has 0 atom stereocenters. The topological polar surface area (TPSA) is 0 Å². The molecule has 0 aliphatic heterocycles. The molecule has 0 aromatic heterocycles. The van der Waals surface area contributed by atoms with Gasteiger partial charge in [0.1, 0.15) is 0 Å². The Kier molecular flexibility index (Phi) is 5.88. The van der Waals surface area contributed by atoms with E-state index in [-0.39, 0.29) is 0 Å². The van der Waals surface area contributed by atoms with Gasteiger partial charge >= 0.3 is 6.18 Å². The van der Waals surface area contributed by atoms with E-state index in [1.807, 2.05) is 13.8 Å². The maximum Gasteiger partial charge on any atom is 0.416 e. The molecule has 0 spiro atoms. The van der Waals surface area contributed by atoms with Crippen LogP contribution in [0.1, 0.15) is 25.0 Å². The Morgan fingerprint density at radius 3 is 1.60 bits per heavy atom. The summed E-state index contributed by atoms with van der Waals surface area (Å²) in [4.78, 5) is 0. The van der Waals surface area contributed by atoms with E-state index >= 15 is 0 Å². The minimum Gasteiger partial charge on any atom is -0.166 e. The molecule has 1 aromatic carbocycles. The maximum atomic E-state index is 12.2. The molecule has 0 aliphatic carbocycles. The molecule has 0 radical (unpaired) electrons. The van der Waals surface area contributed by atoms with Crippen molar-refractivity contribution in [3.63, 3.8) is 0 Å². The highest BCUT2D eigenvalue weighted by Crippen LogP contribution is 2.35. The predicted octanol–water partition coefficient (Wildman–Crippen LogP) is 5.57. The summed E-state index contributed by atoms with van der Waals surface area (Å²) in [5.41, 5.74) is 0.102. The lowest BCUT2D eigenvalue weighted by atomic mass is 10.1. The SMILES string of the molecule is CC.Cc1c(Br)cc(C(F)(F)F)cc1Br. The second-order valence-electron chi connectivity index (χ2n) is 2.56. The molecular formula is C10H11Br2F3. The van der Waals surface area contributed by atoms with Crippen molar-refractivity contribution in [1.82, 2.24) is 0 Å². The summed E-state index contributed by atoms with van der Waals surface area (Å²) < 4.78 is 37.6. The standard InChI is InChI=1S/C8H5Br2F3.C2H6/c1-4-6(9)2-5(3-7(4)10)8(11,12)13;1-2/h2-3H,1H3;1-2H3. The first-order valence-electron chi connectivity index (χ1n) is 4.35. The van der Waals surface area contributed by atoms with E-state index in [0.717, 1.165) is 17.7 Å². The number of alkyl halides is 3. The Balaban J connectivity index is 0.000000921. The normalized spacial score (nSPS) is 10.7. The van der Waals surface area contributed by atoms with E-state index in [4.69, 9.17) is 0 Å².